The third kappa shape index (κ3) is 5.17. The first-order valence-electron chi connectivity index (χ1n) is 10.6. The number of ether oxygens (including phenoxy) is 1. The highest BCUT2D eigenvalue weighted by Crippen LogP contribution is 2.28. The number of rotatable bonds is 8. The zero-order chi connectivity index (χ0) is 24.9. The lowest BCUT2D eigenvalue weighted by Gasteiger charge is -2.13. The first-order chi connectivity index (χ1) is 16.9. The van der Waals surface area contributed by atoms with E-state index in [1.807, 2.05) is 30.5 Å². The summed E-state index contributed by atoms with van der Waals surface area (Å²) in [6, 6.07) is 15.5. The number of nitriles is 1. The van der Waals surface area contributed by atoms with Crippen LogP contribution in [0.5, 0.6) is 5.75 Å². The molecule has 0 aliphatic rings. The van der Waals surface area contributed by atoms with Gasteiger partial charge in [0.15, 0.2) is 0 Å². The molecule has 35 heavy (non-hydrogen) atoms. The van der Waals surface area contributed by atoms with Crippen molar-refractivity contribution < 1.29 is 13.9 Å². The van der Waals surface area contributed by atoms with Crippen molar-refractivity contribution in [2.45, 2.75) is 25.5 Å². The van der Waals surface area contributed by atoms with Gasteiger partial charge in [-0.3, -0.25) is 4.79 Å². The van der Waals surface area contributed by atoms with E-state index in [-0.39, 0.29) is 17.5 Å². The summed E-state index contributed by atoms with van der Waals surface area (Å²) in [4.78, 5) is 12.9. The standard InChI is InChI=1S/C24H22FN7O2S/c1-15-16(2)31(13-17-4-6-18(25)7-5-17)23(21(15)12-26)27-22(33)14-35-24-28-29-30-32(24)19-8-10-20(34-3)11-9-19/h4-11H,13-14H2,1-3H3,(H,27,33). The van der Waals surface area contributed by atoms with Gasteiger partial charge in [-0.15, -0.1) is 5.10 Å². The maximum atomic E-state index is 13.3. The highest BCUT2D eigenvalue weighted by atomic mass is 32.2. The number of nitrogens with one attached hydrogen (secondary N) is 1. The summed E-state index contributed by atoms with van der Waals surface area (Å²) in [5.41, 5.74) is 3.59. The van der Waals surface area contributed by atoms with Gasteiger partial charge in [-0.2, -0.15) is 9.94 Å². The predicted molar refractivity (Wildman–Crippen MR) is 129 cm³/mol. The zero-order valence-electron chi connectivity index (χ0n) is 19.3. The topological polar surface area (TPSA) is 111 Å². The lowest BCUT2D eigenvalue weighted by molar-refractivity contribution is -0.113. The van der Waals surface area contributed by atoms with Crippen LogP contribution >= 0.6 is 11.8 Å². The molecule has 0 spiro atoms. The molecular weight excluding hydrogens is 469 g/mol. The number of benzene rings is 2. The average Bonchev–Trinajstić information content (AvgIpc) is 3.42. The van der Waals surface area contributed by atoms with Crippen LogP contribution in [0.15, 0.2) is 53.7 Å². The quantitative estimate of drug-likeness (QED) is 0.372. The Morgan fingerprint density at radius 1 is 1.17 bits per heavy atom. The molecule has 9 nitrogen and oxygen atoms in total. The normalized spacial score (nSPS) is 10.7. The van der Waals surface area contributed by atoms with E-state index in [0.29, 0.717) is 28.8 Å². The number of carbonyl (C=O) groups is 1. The molecule has 2 heterocycles. The fourth-order valence-corrected chi connectivity index (χ4v) is 4.24. The molecule has 0 bridgehead atoms. The van der Waals surface area contributed by atoms with Crippen molar-refractivity contribution in [3.05, 3.63) is 76.7 Å². The maximum absolute atomic E-state index is 13.3. The molecule has 0 atom stereocenters. The Morgan fingerprint density at radius 2 is 1.89 bits per heavy atom. The number of hydrogen-bond acceptors (Lipinski definition) is 7. The van der Waals surface area contributed by atoms with Crippen LogP contribution in [0.3, 0.4) is 0 Å². The monoisotopic (exact) mass is 491 g/mol. The van der Waals surface area contributed by atoms with E-state index in [1.54, 1.807) is 31.4 Å². The molecule has 2 aromatic heterocycles. The van der Waals surface area contributed by atoms with Crippen LogP contribution in [0.4, 0.5) is 10.2 Å². The second-order valence-corrected chi connectivity index (χ2v) is 8.61. The van der Waals surface area contributed by atoms with E-state index in [4.69, 9.17) is 4.74 Å². The third-order valence-corrected chi connectivity index (χ3v) is 6.46. The molecule has 1 N–H and O–H groups in total. The minimum absolute atomic E-state index is 0.0290. The summed E-state index contributed by atoms with van der Waals surface area (Å²) in [5, 5.41) is 24.8. The molecule has 178 valence electrons. The fraction of sp³-hybridized carbons (Fsp3) is 0.208. The van der Waals surface area contributed by atoms with Crippen LogP contribution in [0.2, 0.25) is 0 Å². The largest absolute Gasteiger partial charge is 0.497 e. The van der Waals surface area contributed by atoms with Crippen molar-refractivity contribution in [3.63, 3.8) is 0 Å². The Morgan fingerprint density at radius 3 is 2.54 bits per heavy atom. The van der Waals surface area contributed by atoms with Crippen LogP contribution in [0.25, 0.3) is 5.69 Å². The Labute approximate surface area is 205 Å². The van der Waals surface area contributed by atoms with Gasteiger partial charge < -0.3 is 14.6 Å². The number of hydrogen-bond donors (Lipinski definition) is 1. The zero-order valence-corrected chi connectivity index (χ0v) is 20.1. The number of thioether (sulfide) groups is 1. The summed E-state index contributed by atoms with van der Waals surface area (Å²) < 4.78 is 21.9. The summed E-state index contributed by atoms with van der Waals surface area (Å²) in [5.74, 6) is 0.509. The van der Waals surface area contributed by atoms with Gasteiger partial charge in [-0.25, -0.2) is 4.39 Å². The van der Waals surface area contributed by atoms with Gasteiger partial charge in [-0.05, 0) is 71.8 Å². The van der Waals surface area contributed by atoms with Crippen molar-refractivity contribution in [2.24, 2.45) is 0 Å². The molecule has 0 aliphatic heterocycles. The van der Waals surface area contributed by atoms with Gasteiger partial charge >= 0.3 is 0 Å². The molecule has 0 saturated heterocycles. The van der Waals surface area contributed by atoms with Gasteiger partial charge in [0.1, 0.15) is 23.5 Å². The lowest BCUT2D eigenvalue weighted by Crippen LogP contribution is -2.19. The minimum atomic E-state index is -0.325. The third-order valence-electron chi connectivity index (χ3n) is 5.54. The van der Waals surface area contributed by atoms with Crippen molar-refractivity contribution in [1.82, 2.24) is 24.8 Å². The van der Waals surface area contributed by atoms with Crippen LogP contribution in [-0.2, 0) is 11.3 Å². The van der Waals surface area contributed by atoms with E-state index in [0.717, 1.165) is 22.5 Å². The fourth-order valence-electron chi connectivity index (χ4n) is 3.55. The minimum Gasteiger partial charge on any atom is -0.497 e. The SMILES string of the molecule is COc1ccc(-n2nnnc2SCC(=O)Nc2c(C#N)c(C)c(C)n2Cc2ccc(F)cc2)cc1. The molecule has 0 radical (unpaired) electrons. The van der Waals surface area contributed by atoms with E-state index >= 15 is 0 Å². The van der Waals surface area contributed by atoms with Crippen molar-refractivity contribution >= 4 is 23.5 Å². The number of amides is 1. The van der Waals surface area contributed by atoms with Crippen LogP contribution in [0, 0.1) is 31.0 Å². The van der Waals surface area contributed by atoms with Gasteiger partial charge in [-0.1, -0.05) is 23.9 Å². The molecule has 11 heteroatoms. The average molecular weight is 492 g/mol. The second-order valence-electron chi connectivity index (χ2n) is 7.67. The number of halogens is 1. The second kappa shape index (κ2) is 10.4. The van der Waals surface area contributed by atoms with Crippen molar-refractivity contribution in [3.8, 4) is 17.5 Å². The predicted octanol–water partition coefficient (Wildman–Crippen LogP) is 3.88. The first-order valence-corrected chi connectivity index (χ1v) is 11.6. The Bertz CT molecular complexity index is 1390. The molecule has 1 amide bonds. The summed E-state index contributed by atoms with van der Waals surface area (Å²) in [6.07, 6.45) is 0. The molecule has 4 aromatic rings. The van der Waals surface area contributed by atoms with Crippen LogP contribution in [0.1, 0.15) is 22.4 Å². The first kappa shape index (κ1) is 24.0. The van der Waals surface area contributed by atoms with E-state index in [1.165, 1.54) is 28.6 Å². The molecular formula is C24H22FN7O2S. The molecule has 2 aromatic carbocycles. The van der Waals surface area contributed by atoms with Crippen molar-refractivity contribution in [2.75, 3.05) is 18.2 Å². The van der Waals surface area contributed by atoms with Crippen LogP contribution < -0.4 is 10.1 Å². The Hall–Kier alpha value is -4.17. The molecule has 0 unspecified atom stereocenters. The molecule has 4 rings (SSSR count). The van der Waals surface area contributed by atoms with E-state index < -0.39 is 0 Å². The van der Waals surface area contributed by atoms with Gasteiger partial charge in [0.05, 0.1) is 24.1 Å². The summed E-state index contributed by atoms with van der Waals surface area (Å²) >= 11 is 1.17. The smallest absolute Gasteiger partial charge is 0.235 e. The summed E-state index contributed by atoms with van der Waals surface area (Å²) in [6.45, 7) is 4.10. The molecule has 0 saturated carbocycles. The van der Waals surface area contributed by atoms with E-state index in [9.17, 15) is 14.4 Å². The van der Waals surface area contributed by atoms with Gasteiger partial charge in [0.25, 0.3) is 0 Å². The Balaban J connectivity index is 1.51. The molecule has 0 fully saturated rings. The lowest BCUT2D eigenvalue weighted by atomic mass is 10.2. The Kier molecular flexibility index (Phi) is 7.12. The number of anilines is 1. The van der Waals surface area contributed by atoms with Crippen LogP contribution in [-0.4, -0.2) is 43.5 Å². The van der Waals surface area contributed by atoms with E-state index in [2.05, 4.69) is 26.9 Å². The summed E-state index contributed by atoms with van der Waals surface area (Å²) in [7, 11) is 1.59. The number of carbonyl (C=O) groups excluding carboxylic acids is 1. The number of tetrazole rings is 1. The van der Waals surface area contributed by atoms with Gasteiger partial charge in [0.2, 0.25) is 11.1 Å². The van der Waals surface area contributed by atoms with Gasteiger partial charge in [0, 0.05) is 12.2 Å². The van der Waals surface area contributed by atoms with Crippen molar-refractivity contribution in [1.29, 1.82) is 5.26 Å². The number of nitrogens with zero attached hydrogens (tertiary/aromatic N) is 6. The number of methoxy groups -OCH3 is 1. The highest BCUT2D eigenvalue weighted by Gasteiger charge is 2.20. The highest BCUT2D eigenvalue weighted by molar-refractivity contribution is 7.99. The maximum Gasteiger partial charge on any atom is 0.235 e. The molecule has 0 aliphatic carbocycles. The number of aromatic nitrogens is 5.